The number of para-hydroxylation sites is 1. The van der Waals surface area contributed by atoms with Crippen LogP contribution < -0.4 is 14.9 Å². The van der Waals surface area contributed by atoms with E-state index in [1.54, 1.807) is 18.2 Å². The van der Waals surface area contributed by atoms with Gasteiger partial charge in [-0.2, -0.15) is 5.10 Å². The average Bonchev–Trinajstić information content (AvgIpc) is 2.76. The number of rotatable bonds is 8. The molecule has 0 radical (unpaired) electrons. The van der Waals surface area contributed by atoms with Crippen molar-refractivity contribution < 1.29 is 23.2 Å². The molecule has 3 N–H and O–H groups in total. The number of anilines is 2. The number of hydrogen-bond donors (Lipinski definition) is 3. The number of nitrogens with one attached hydrogen (secondary N) is 2. The lowest BCUT2D eigenvalue weighted by molar-refractivity contribution is -0.385. The lowest BCUT2D eigenvalue weighted by Gasteiger charge is -2.13. The molecular formula is C20H17ClN4O6S. The van der Waals surface area contributed by atoms with Gasteiger partial charge in [-0.3, -0.25) is 20.3 Å². The molecule has 3 aromatic carbocycles. The van der Waals surface area contributed by atoms with Gasteiger partial charge in [-0.15, -0.1) is 0 Å². The quantitative estimate of drug-likeness (QED) is 0.251. The summed E-state index contributed by atoms with van der Waals surface area (Å²) in [4.78, 5) is 10.1. The number of hydrogen-bond acceptors (Lipinski definition) is 8. The third kappa shape index (κ3) is 5.25. The summed E-state index contributed by atoms with van der Waals surface area (Å²) in [6.45, 7) is 0. The second-order valence-corrected chi connectivity index (χ2v) is 8.38. The number of aromatic hydroxyl groups is 1. The maximum Gasteiger partial charge on any atom is 0.270 e. The Morgan fingerprint density at radius 2 is 1.88 bits per heavy atom. The molecule has 0 saturated carbocycles. The molecule has 0 atom stereocenters. The molecule has 10 nitrogen and oxygen atoms in total. The SMILES string of the molecule is COc1cc(/C=N/Nc2ccc([N+](=O)[O-])cc2S(=O)(=O)Nc2ccccc2Cl)ccc1O. The molecule has 3 rings (SSSR count). The summed E-state index contributed by atoms with van der Waals surface area (Å²) < 4.78 is 33.3. The molecule has 12 heteroatoms. The molecule has 0 spiro atoms. The number of halogens is 1. The van der Waals surface area contributed by atoms with Gasteiger partial charge in [0.2, 0.25) is 0 Å². The first-order valence-electron chi connectivity index (χ1n) is 8.93. The first kappa shape index (κ1) is 22.8. The summed E-state index contributed by atoms with van der Waals surface area (Å²) in [5.74, 6) is 0.184. The molecule has 0 unspecified atom stereocenters. The molecule has 0 aliphatic heterocycles. The Bertz CT molecular complexity index is 1300. The molecule has 166 valence electrons. The smallest absolute Gasteiger partial charge is 0.270 e. The van der Waals surface area contributed by atoms with E-state index in [1.807, 2.05) is 0 Å². The minimum Gasteiger partial charge on any atom is -0.504 e. The van der Waals surface area contributed by atoms with Crippen LogP contribution in [0.25, 0.3) is 0 Å². The van der Waals surface area contributed by atoms with E-state index in [4.69, 9.17) is 16.3 Å². The minimum atomic E-state index is -4.26. The molecule has 0 amide bonds. The van der Waals surface area contributed by atoms with Crippen molar-refractivity contribution in [2.45, 2.75) is 4.90 Å². The fourth-order valence-corrected chi connectivity index (χ4v) is 4.13. The average molecular weight is 477 g/mol. The van der Waals surface area contributed by atoms with E-state index in [-0.39, 0.29) is 27.9 Å². The summed E-state index contributed by atoms with van der Waals surface area (Å²) in [6, 6.07) is 14.0. The van der Waals surface area contributed by atoms with Crippen molar-refractivity contribution in [2.24, 2.45) is 5.10 Å². The number of benzene rings is 3. The summed E-state index contributed by atoms with van der Waals surface area (Å²) in [5.41, 5.74) is 2.83. The Morgan fingerprint density at radius 3 is 2.56 bits per heavy atom. The first-order valence-corrected chi connectivity index (χ1v) is 10.8. The molecule has 32 heavy (non-hydrogen) atoms. The molecule has 0 heterocycles. The topological polar surface area (TPSA) is 143 Å². The van der Waals surface area contributed by atoms with Gasteiger partial charge in [0.1, 0.15) is 4.90 Å². The van der Waals surface area contributed by atoms with Gasteiger partial charge in [0.05, 0.1) is 34.6 Å². The normalized spacial score (nSPS) is 11.3. The van der Waals surface area contributed by atoms with E-state index in [0.717, 1.165) is 12.1 Å². The number of ether oxygens (including phenoxy) is 1. The van der Waals surface area contributed by atoms with Gasteiger partial charge in [0, 0.05) is 12.1 Å². The van der Waals surface area contributed by atoms with E-state index in [1.165, 1.54) is 43.7 Å². The summed E-state index contributed by atoms with van der Waals surface area (Å²) in [5, 5.41) is 25.0. The van der Waals surface area contributed by atoms with Crippen molar-refractivity contribution in [2.75, 3.05) is 17.3 Å². The van der Waals surface area contributed by atoms with Crippen molar-refractivity contribution in [3.05, 3.63) is 81.4 Å². The Hall–Kier alpha value is -3.83. The number of sulfonamides is 1. The molecule has 0 aliphatic carbocycles. The summed E-state index contributed by atoms with van der Waals surface area (Å²) >= 11 is 6.02. The third-order valence-corrected chi connectivity index (χ3v) is 5.92. The Morgan fingerprint density at radius 1 is 1.12 bits per heavy atom. The van der Waals surface area contributed by atoms with Gasteiger partial charge in [-0.05, 0) is 42.0 Å². The number of non-ortho nitro benzene ring substituents is 1. The van der Waals surface area contributed by atoms with Crippen LogP contribution in [0.15, 0.2) is 70.7 Å². The lowest BCUT2D eigenvalue weighted by Crippen LogP contribution is -2.15. The molecule has 0 aromatic heterocycles. The van der Waals surface area contributed by atoms with Crippen molar-refractivity contribution in [1.29, 1.82) is 0 Å². The van der Waals surface area contributed by atoms with Crippen LogP contribution in [-0.2, 0) is 10.0 Å². The lowest BCUT2D eigenvalue weighted by atomic mass is 10.2. The van der Waals surface area contributed by atoms with Crippen molar-refractivity contribution in [3.63, 3.8) is 0 Å². The number of nitro groups is 1. The van der Waals surface area contributed by atoms with Crippen LogP contribution in [0.3, 0.4) is 0 Å². The second kappa shape index (κ2) is 9.54. The number of methoxy groups -OCH3 is 1. The highest BCUT2D eigenvalue weighted by Gasteiger charge is 2.23. The van der Waals surface area contributed by atoms with Gasteiger partial charge in [-0.1, -0.05) is 23.7 Å². The maximum absolute atomic E-state index is 13.0. The van der Waals surface area contributed by atoms with Gasteiger partial charge in [0.25, 0.3) is 15.7 Å². The van der Waals surface area contributed by atoms with Crippen LogP contribution >= 0.6 is 11.6 Å². The molecule has 3 aromatic rings. The van der Waals surface area contributed by atoms with Crippen molar-refractivity contribution in [1.82, 2.24) is 0 Å². The van der Waals surface area contributed by atoms with Crippen LogP contribution in [0, 0.1) is 10.1 Å². The van der Waals surface area contributed by atoms with E-state index in [0.29, 0.717) is 5.56 Å². The van der Waals surface area contributed by atoms with Crippen molar-refractivity contribution >= 4 is 44.9 Å². The number of nitrogens with zero attached hydrogens (tertiary/aromatic N) is 2. The van der Waals surface area contributed by atoms with Gasteiger partial charge >= 0.3 is 0 Å². The molecule has 0 aliphatic rings. The number of nitro benzene ring substituents is 1. The predicted octanol–water partition coefficient (Wildman–Crippen LogP) is 4.21. The van der Waals surface area contributed by atoms with Gasteiger partial charge < -0.3 is 9.84 Å². The zero-order chi connectivity index (χ0) is 23.3. The highest BCUT2D eigenvalue weighted by Crippen LogP contribution is 2.30. The van der Waals surface area contributed by atoms with E-state index >= 15 is 0 Å². The highest BCUT2D eigenvalue weighted by atomic mass is 35.5. The first-order chi connectivity index (χ1) is 15.2. The summed E-state index contributed by atoms with van der Waals surface area (Å²) in [6.07, 6.45) is 1.36. The van der Waals surface area contributed by atoms with Crippen molar-refractivity contribution in [3.8, 4) is 11.5 Å². The molecule has 0 bridgehead atoms. The zero-order valence-electron chi connectivity index (χ0n) is 16.5. The molecule has 0 fully saturated rings. The van der Waals surface area contributed by atoms with Crippen LogP contribution in [0.1, 0.15) is 5.56 Å². The number of phenols is 1. The largest absolute Gasteiger partial charge is 0.504 e. The molecule has 0 saturated heterocycles. The molecular weight excluding hydrogens is 460 g/mol. The van der Waals surface area contributed by atoms with Crippen LogP contribution in [0.5, 0.6) is 11.5 Å². The standard InChI is InChI=1S/C20H17ClN4O6S/c1-31-19-10-13(6-9-18(19)26)12-22-23-17-8-7-14(25(27)28)11-20(17)32(29,30)24-16-5-3-2-4-15(16)21/h2-12,23-24,26H,1H3/b22-12+. The van der Waals surface area contributed by atoms with Crippen LogP contribution in [0.4, 0.5) is 17.1 Å². The number of hydrazone groups is 1. The summed E-state index contributed by atoms with van der Waals surface area (Å²) in [7, 11) is -2.87. The van der Waals surface area contributed by atoms with Gasteiger partial charge in [0.15, 0.2) is 11.5 Å². The van der Waals surface area contributed by atoms with Gasteiger partial charge in [-0.25, -0.2) is 8.42 Å². The number of phenolic OH excluding ortho intramolecular Hbond substituents is 1. The maximum atomic E-state index is 13.0. The fourth-order valence-electron chi connectivity index (χ4n) is 2.63. The van der Waals surface area contributed by atoms with Crippen LogP contribution in [-0.4, -0.2) is 31.8 Å². The zero-order valence-corrected chi connectivity index (χ0v) is 18.1. The highest BCUT2D eigenvalue weighted by molar-refractivity contribution is 7.93. The predicted molar refractivity (Wildman–Crippen MR) is 121 cm³/mol. The van der Waals surface area contributed by atoms with Crippen LogP contribution in [0.2, 0.25) is 5.02 Å². The Labute approximate surface area is 188 Å². The van der Waals surface area contributed by atoms with E-state index < -0.39 is 25.5 Å². The Balaban J connectivity index is 1.94. The van der Waals surface area contributed by atoms with E-state index in [9.17, 15) is 23.6 Å². The second-order valence-electron chi connectivity index (χ2n) is 6.32. The van der Waals surface area contributed by atoms with E-state index in [2.05, 4.69) is 15.2 Å². The Kier molecular flexibility index (Phi) is 6.81. The fraction of sp³-hybridized carbons (Fsp3) is 0.0500. The minimum absolute atomic E-state index is 0.00264. The monoisotopic (exact) mass is 476 g/mol. The third-order valence-electron chi connectivity index (χ3n) is 4.19.